The molecule has 1 N–H and O–H groups in total. The normalized spacial score (nSPS) is 12.7. The standard InChI is InChI=1S/C24H33N3O3/c1-16(2)22-21(23(28)29)20(14-17(3)8-7-13-24(4,5)30-6)26-27(22)19-11-9-18(15-25)10-12-19/h9-12,16-17H,7-8,13-14H2,1-6H3,(H,28,29). The average molecular weight is 412 g/mol. The quantitative estimate of drug-likeness (QED) is 0.570. The molecule has 0 saturated carbocycles. The van der Waals surface area contributed by atoms with E-state index in [1.807, 2.05) is 26.0 Å². The van der Waals surface area contributed by atoms with Crippen LogP contribution in [-0.2, 0) is 11.2 Å². The molecule has 0 saturated heterocycles. The van der Waals surface area contributed by atoms with Gasteiger partial charge < -0.3 is 9.84 Å². The van der Waals surface area contributed by atoms with E-state index in [9.17, 15) is 9.90 Å². The zero-order chi connectivity index (χ0) is 22.5. The van der Waals surface area contributed by atoms with Gasteiger partial charge in [0.1, 0.15) is 5.56 Å². The van der Waals surface area contributed by atoms with Crippen LogP contribution in [0.5, 0.6) is 0 Å². The number of hydrogen-bond acceptors (Lipinski definition) is 4. The molecule has 30 heavy (non-hydrogen) atoms. The van der Waals surface area contributed by atoms with Crippen LogP contribution in [0.2, 0.25) is 0 Å². The van der Waals surface area contributed by atoms with Crippen LogP contribution in [0.3, 0.4) is 0 Å². The van der Waals surface area contributed by atoms with E-state index in [0.717, 1.165) is 24.9 Å². The monoisotopic (exact) mass is 411 g/mol. The largest absolute Gasteiger partial charge is 0.478 e. The predicted molar refractivity (Wildman–Crippen MR) is 117 cm³/mol. The third kappa shape index (κ3) is 5.70. The molecule has 1 aromatic heterocycles. The van der Waals surface area contributed by atoms with Gasteiger partial charge in [-0.3, -0.25) is 0 Å². The van der Waals surface area contributed by atoms with Crippen LogP contribution in [0.4, 0.5) is 0 Å². The molecule has 0 amide bonds. The molecule has 0 aliphatic rings. The Bertz CT molecular complexity index is 905. The summed E-state index contributed by atoms with van der Waals surface area (Å²) >= 11 is 0. The van der Waals surface area contributed by atoms with Gasteiger partial charge in [0.15, 0.2) is 0 Å². The molecule has 1 heterocycles. The maximum Gasteiger partial charge on any atom is 0.339 e. The lowest BCUT2D eigenvalue weighted by atomic mass is 9.92. The molecule has 1 aromatic carbocycles. The second-order valence-corrected chi connectivity index (χ2v) is 8.90. The van der Waals surface area contributed by atoms with Crippen molar-refractivity contribution in [1.82, 2.24) is 9.78 Å². The third-order valence-electron chi connectivity index (χ3n) is 5.57. The van der Waals surface area contributed by atoms with Crippen molar-refractivity contribution in [3.8, 4) is 11.8 Å². The molecule has 1 unspecified atom stereocenters. The lowest BCUT2D eigenvalue weighted by Gasteiger charge is -2.23. The van der Waals surface area contributed by atoms with E-state index in [1.54, 1.807) is 23.9 Å². The molecule has 162 valence electrons. The van der Waals surface area contributed by atoms with Crippen LogP contribution in [0.25, 0.3) is 5.69 Å². The smallest absolute Gasteiger partial charge is 0.339 e. The number of carboxylic acids is 1. The minimum atomic E-state index is -0.943. The fourth-order valence-electron chi connectivity index (χ4n) is 3.67. The van der Waals surface area contributed by atoms with Gasteiger partial charge in [0.25, 0.3) is 0 Å². The number of aromatic nitrogens is 2. The topological polar surface area (TPSA) is 88.1 Å². The second-order valence-electron chi connectivity index (χ2n) is 8.90. The highest BCUT2D eigenvalue weighted by Crippen LogP contribution is 2.29. The molecule has 6 nitrogen and oxygen atoms in total. The van der Waals surface area contributed by atoms with E-state index < -0.39 is 5.97 Å². The Hall–Kier alpha value is -2.65. The Balaban J connectivity index is 2.32. The van der Waals surface area contributed by atoms with Gasteiger partial charge in [-0.25, -0.2) is 9.48 Å². The van der Waals surface area contributed by atoms with E-state index >= 15 is 0 Å². The van der Waals surface area contributed by atoms with Gasteiger partial charge in [0.05, 0.1) is 34.3 Å². The summed E-state index contributed by atoms with van der Waals surface area (Å²) in [5.41, 5.74) is 2.79. The highest BCUT2D eigenvalue weighted by Gasteiger charge is 2.27. The molecule has 1 atom stereocenters. The minimum absolute atomic E-state index is 0.00852. The van der Waals surface area contributed by atoms with Crippen molar-refractivity contribution in [3.63, 3.8) is 0 Å². The molecule has 6 heteroatoms. The lowest BCUT2D eigenvalue weighted by molar-refractivity contribution is 0.0127. The summed E-state index contributed by atoms with van der Waals surface area (Å²) in [6, 6.07) is 9.17. The van der Waals surface area contributed by atoms with Gasteiger partial charge in [-0.1, -0.05) is 33.6 Å². The maximum atomic E-state index is 12.1. The van der Waals surface area contributed by atoms with E-state index in [4.69, 9.17) is 15.1 Å². The molecule has 0 bridgehead atoms. The number of aromatic carboxylic acids is 1. The van der Waals surface area contributed by atoms with E-state index in [2.05, 4.69) is 26.8 Å². The molecule has 0 spiro atoms. The van der Waals surface area contributed by atoms with Gasteiger partial charge >= 0.3 is 5.97 Å². The third-order valence-corrected chi connectivity index (χ3v) is 5.57. The fourth-order valence-corrected chi connectivity index (χ4v) is 3.67. The summed E-state index contributed by atoms with van der Waals surface area (Å²) in [5.74, 6) is -0.646. The van der Waals surface area contributed by atoms with Crippen LogP contribution >= 0.6 is 0 Å². The number of methoxy groups -OCH3 is 1. The van der Waals surface area contributed by atoms with Gasteiger partial charge in [0.2, 0.25) is 0 Å². The number of ether oxygens (including phenoxy) is 1. The molecule has 2 aromatic rings. The Morgan fingerprint density at radius 2 is 1.90 bits per heavy atom. The van der Waals surface area contributed by atoms with Crippen LogP contribution in [0.15, 0.2) is 24.3 Å². The van der Waals surface area contributed by atoms with Gasteiger partial charge in [0, 0.05) is 7.11 Å². The van der Waals surface area contributed by atoms with E-state index in [-0.39, 0.29) is 11.5 Å². The highest BCUT2D eigenvalue weighted by molar-refractivity contribution is 5.90. The Labute approximate surface area is 179 Å². The average Bonchev–Trinajstić information content (AvgIpc) is 3.07. The molecule has 2 rings (SSSR count). The van der Waals surface area contributed by atoms with Crippen LogP contribution in [0.1, 0.15) is 87.1 Å². The van der Waals surface area contributed by atoms with Gasteiger partial charge in [-0.05, 0) is 62.8 Å². The summed E-state index contributed by atoms with van der Waals surface area (Å²) in [4.78, 5) is 12.1. The van der Waals surface area contributed by atoms with Crippen molar-refractivity contribution in [2.75, 3.05) is 7.11 Å². The zero-order valence-corrected chi connectivity index (χ0v) is 18.9. The minimum Gasteiger partial charge on any atom is -0.478 e. The van der Waals surface area contributed by atoms with E-state index in [0.29, 0.717) is 34.9 Å². The number of carboxylic acid groups (broad SMARTS) is 1. The first-order valence-electron chi connectivity index (χ1n) is 10.5. The van der Waals surface area contributed by atoms with Gasteiger partial charge in [-0.15, -0.1) is 0 Å². The Kier molecular flexibility index (Phi) is 7.80. The molecular weight excluding hydrogens is 378 g/mol. The summed E-state index contributed by atoms with van der Waals surface area (Å²) < 4.78 is 7.21. The number of rotatable bonds is 10. The van der Waals surface area contributed by atoms with Crippen molar-refractivity contribution < 1.29 is 14.6 Å². The Morgan fingerprint density at radius 1 is 1.27 bits per heavy atom. The number of carbonyl (C=O) groups is 1. The molecule has 0 aliphatic heterocycles. The Morgan fingerprint density at radius 3 is 2.40 bits per heavy atom. The number of hydrogen-bond donors (Lipinski definition) is 1. The highest BCUT2D eigenvalue weighted by atomic mass is 16.5. The molecule has 0 aliphatic carbocycles. The van der Waals surface area contributed by atoms with Crippen molar-refractivity contribution in [2.24, 2.45) is 5.92 Å². The molecule has 0 radical (unpaired) electrons. The lowest BCUT2D eigenvalue weighted by Crippen LogP contribution is -2.22. The van der Waals surface area contributed by atoms with E-state index in [1.165, 1.54) is 0 Å². The second kappa shape index (κ2) is 9.90. The number of nitriles is 1. The maximum absolute atomic E-state index is 12.1. The zero-order valence-electron chi connectivity index (χ0n) is 18.9. The van der Waals surface area contributed by atoms with Crippen LogP contribution in [0, 0.1) is 17.2 Å². The van der Waals surface area contributed by atoms with Crippen molar-refractivity contribution >= 4 is 5.97 Å². The summed E-state index contributed by atoms with van der Waals surface area (Å²) in [5, 5.41) is 23.7. The number of benzene rings is 1. The van der Waals surface area contributed by atoms with Crippen molar-refractivity contribution in [2.45, 2.75) is 71.8 Å². The summed E-state index contributed by atoms with van der Waals surface area (Å²) in [6.07, 6.45) is 3.55. The first-order valence-corrected chi connectivity index (χ1v) is 10.5. The summed E-state index contributed by atoms with van der Waals surface area (Å²) in [7, 11) is 1.73. The predicted octanol–water partition coefficient (Wildman–Crippen LogP) is 5.34. The van der Waals surface area contributed by atoms with Crippen molar-refractivity contribution in [1.29, 1.82) is 5.26 Å². The van der Waals surface area contributed by atoms with Crippen LogP contribution in [-0.4, -0.2) is 33.6 Å². The molecular formula is C24H33N3O3. The van der Waals surface area contributed by atoms with Gasteiger partial charge in [-0.2, -0.15) is 10.4 Å². The SMILES string of the molecule is COC(C)(C)CCCC(C)Cc1nn(-c2ccc(C#N)cc2)c(C(C)C)c1C(=O)O. The fraction of sp³-hybridized carbons (Fsp3) is 0.542. The first kappa shape index (κ1) is 23.6. The molecule has 0 fully saturated rings. The van der Waals surface area contributed by atoms with Crippen LogP contribution < -0.4 is 0 Å². The van der Waals surface area contributed by atoms with Crippen molar-refractivity contribution in [3.05, 3.63) is 46.8 Å². The number of nitrogens with zero attached hydrogens (tertiary/aromatic N) is 3. The summed E-state index contributed by atoms with van der Waals surface area (Å²) in [6.45, 7) is 10.2. The first-order chi connectivity index (χ1) is 14.1.